The van der Waals surface area contributed by atoms with Crippen LogP contribution in [0.2, 0.25) is 23.2 Å². The van der Waals surface area contributed by atoms with Gasteiger partial charge in [0.15, 0.2) is 8.32 Å². The summed E-state index contributed by atoms with van der Waals surface area (Å²) in [5.41, 5.74) is 2.37. The van der Waals surface area contributed by atoms with E-state index in [1.165, 1.54) is 11.1 Å². The number of ether oxygens (including phenoxy) is 1. The molecule has 5 heteroatoms. The first-order chi connectivity index (χ1) is 12.6. The van der Waals surface area contributed by atoms with E-state index < -0.39 is 8.32 Å². The van der Waals surface area contributed by atoms with E-state index in [-0.39, 0.29) is 17.2 Å². The van der Waals surface area contributed by atoms with Gasteiger partial charge in [-0.2, -0.15) is 0 Å². The van der Waals surface area contributed by atoms with Gasteiger partial charge < -0.3 is 9.16 Å². The third-order valence-electron chi connectivity index (χ3n) is 5.45. The second-order valence-corrected chi connectivity index (χ2v) is 14.5. The zero-order chi connectivity index (χ0) is 19.8. The average Bonchev–Trinajstić information content (AvgIpc) is 2.58. The second kappa shape index (κ2) is 7.74. The number of hydrogen-bond donors (Lipinski definition) is 0. The van der Waals surface area contributed by atoms with Gasteiger partial charge >= 0.3 is 0 Å². The first-order valence-electron chi connectivity index (χ1n) is 9.15. The number of hydrogen-bond acceptors (Lipinski definition) is 2. The van der Waals surface area contributed by atoms with Gasteiger partial charge in [0.25, 0.3) is 0 Å². The van der Waals surface area contributed by atoms with E-state index in [9.17, 15) is 0 Å². The fourth-order valence-electron chi connectivity index (χ4n) is 2.84. The molecular weight excluding hydrogens is 440 g/mol. The molecule has 27 heavy (non-hydrogen) atoms. The van der Waals surface area contributed by atoms with Crippen molar-refractivity contribution < 1.29 is 9.16 Å². The molecule has 0 aromatic heterocycles. The van der Waals surface area contributed by atoms with Crippen LogP contribution in [0.1, 0.15) is 38.0 Å². The van der Waals surface area contributed by atoms with Gasteiger partial charge in [0.05, 0.1) is 4.47 Å². The van der Waals surface area contributed by atoms with Gasteiger partial charge in [-0.25, -0.2) is 0 Å². The van der Waals surface area contributed by atoms with Gasteiger partial charge in [0.2, 0.25) is 0 Å². The Bertz CT molecular complexity index is 858. The van der Waals surface area contributed by atoms with Gasteiger partial charge in [-0.05, 0) is 69.5 Å². The van der Waals surface area contributed by atoms with Crippen LogP contribution in [0.4, 0.5) is 0 Å². The minimum atomic E-state index is -1.99. The quantitative estimate of drug-likeness (QED) is 0.432. The van der Waals surface area contributed by atoms with Crippen molar-refractivity contribution in [3.63, 3.8) is 0 Å². The molecule has 0 saturated heterocycles. The summed E-state index contributed by atoms with van der Waals surface area (Å²) < 4.78 is 14.1. The molecule has 0 unspecified atom stereocenters. The summed E-state index contributed by atoms with van der Waals surface area (Å²) in [6.45, 7) is 11.3. The van der Waals surface area contributed by atoms with Crippen LogP contribution in [0.3, 0.4) is 0 Å². The van der Waals surface area contributed by atoms with Gasteiger partial charge in [-0.15, -0.1) is 0 Å². The molecule has 0 aliphatic heterocycles. The molecule has 0 bridgehead atoms. The second-order valence-electron chi connectivity index (χ2n) is 8.44. The third kappa shape index (κ3) is 4.51. The summed E-state index contributed by atoms with van der Waals surface area (Å²) in [5.74, 6) is 0.761. The van der Waals surface area contributed by atoms with E-state index in [0.717, 1.165) is 10.2 Å². The molecule has 1 aliphatic carbocycles. The van der Waals surface area contributed by atoms with Gasteiger partial charge in [-0.3, -0.25) is 0 Å². The summed E-state index contributed by atoms with van der Waals surface area (Å²) in [7, 11) is -1.99. The standard InChI is InChI=1S/C22H26BrClO2Si/c1-22(2,3)27(4,5)26-21-17-9-7-6-8-15(17)10-12-20(21)25-19-13-11-16(24)14-18(19)23/h6-14,20-21H,1-5H3/t20-,21-/m1/s1. The fourth-order valence-corrected chi connectivity index (χ4v) is 4.87. The van der Waals surface area contributed by atoms with Gasteiger partial charge in [0.1, 0.15) is 18.0 Å². The first-order valence-corrected chi connectivity index (χ1v) is 13.2. The highest BCUT2D eigenvalue weighted by atomic mass is 79.9. The van der Waals surface area contributed by atoms with Crippen molar-refractivity contribution in [1.82, 2.24) is 0 Å². The zero-order valence-corrected chi connectivity index (χ0v) is 19.8. The van der Waals surface area contributed by atoms with Crippen LogP contribution in [0.15, 0.2) is 53.0 Å². The smallest absolute Gasteiger partial charge is 0.193 e. The molecule has 0 radical (unpaired) electrons. The minimum Gasteiger partial charge on any atom is -0.482 e. The molecule has 0 heterocycles. The average molecular weight is 466 g/mol. The molecule has 2 aromatic rings. The van der Waals surface area contributed by atoms with Crippen LogP contribution >= 0.6 is 27.5 Å². The molecule has 144 valence electrons. The number of rotatable bonds is 4. The van der Waals surface area contributed by atoms with Crippen LogP contribution in [-0.4, -0.2) is 14.4 Å². The van der Waals surface area contributed by atoms with Crippen LogP contribution in [0, 0.1) is 0 Å². The molecule has 2 nitrogen and oxygen atoms in total. The fraction of sp³-hybridized carbons (Fsp3) is 0.364. The summed E-state index contributed by atoms with van der Waals surface area (Å²) in [6.07, 6.45) is 3.87. The third-order valence-corrected chi connectivity index (χ3v) is 10.8. The lowest BCUT2D eigenvalue weighted by atomic mass is 9.93. The first kappa shape index (κ1) is 20.7. The zero-order valence-electron chi connectivity index (χ0n) is 16.4. The van der Waals surface area contributed by atoms with E-state index in [2.05, 4.69) is 86.2 Å². The Kier molecular flexibility index (Phi) is 5.92. The predicted molar refractivity (Wildman–Crippen MR) is 120 cm³/mol. The largest absolute Gasteiger partial charge is 0.482 e. The number of halogens is 2. The molecule has 3 rings (SSSR count). The molecule has 0 saturated carbocycles. The van der Waals surface area contributed by atoms with Gasteiger partial charge in [0, 0.05) is 5.02 Å². The maximum atomic E-state index is 6.84. The van der Waals surface area contributed by atoms with Crippen LogP contribution in [0.25, 0.3) is 6.08 Å². The molecule has 0 fully saturated rings. The molecule has 0 N–H and O–H groups in total. The number of benzene rings is 2. The topological polar surface area (TPSA) is 18.5 Å². The summed E-state index contributed by atoms with van der Waals surface area (Å²) in [5, 5.41) is 0.793. The molecule has 0 amide bonds. The van der Waals surface area contributed by atoms with Crippen molar-refractivity contribution in [2.24, 2.45) is 0 Å². The van der Waals surface area contributed by atoms with Crippen LogP contribution in [0.5, 0.6) is 5.75 Å². The van der Waals surface area contributed by atoms with Crippen molar-refractivity contribution >= 4 is 41.9 Å². The molecule has 2 atom stereocenters. The molecular formula is C22H26BrClO2Si. The maximum Gasteiger partial charge on any atom is 0.193 e. The highest BCUT2D eigenvalue weighted by Crippen LogP contribution is 2.43. The Hall–Kier alpha value is -1.07. The van der Waals surface area contributed by atoms with Crippen molar-refractivity contribution in [3.8, 4) is 5.75 Å². The van der Waals surface area contributed by atoms with E-state index >= 15 is 0 Å². The monoisotopic (exact) mass is 464 g/mol. The van der Waals surface area contributed by atoms with Crippen molar-refractivity contribution in [3.05, 3.63) is 69.2 Å². The van der Waals surface area contributed by atoms with Crippen LogP contribution < -0.4 is 4.74 Å². The van der Waals surface area contributed by atoms with Crippen LogP contribution in [-0.2, 0) is 4.43 Å². The molecule has 0 spiro atoms. The van der Waals surface area contributed by atoms with Crippen molar-refractivity contribution in [2.45, 2.75) is 51.1 Å². The minimum absolute atomic E-state index is 0.120. The van der Waals surface area contributed by atoms with Gasteiger partial charge in [-0.1, -0.05) is 62.7 Å². The predicted octanol–water partition coefficient (Wildman–Crippen LogP) is 7.64. The van der Waals surface area contributed by atoms with E-state index in [4.69, 9.17) is 20.8 Å². The summed E-state index contributed by atoms with van der Waals surface area (Å²) in [6, 6.07) is 14.0. The highest BCUT2D eigenvalue weighted by molar-refractivity contribution is 9.10. The molecule has 2 aromatic carbocycles. The lowest BCUT2D eigenvalue weighted by Crippen LogP contribution is -2.45. The van der Waals surface area contributed by atoms with E-state index in [1.807, 2.05) is 18.2 Å². The Morgan fingerprint density at radius 2 is 1.78 bits per heavy atom. The van der Waals surface area contributed by atoms with E-state index in [1.54, 1.807) is 0 Å². The lowest BCUT2D eigenvalue weighted by Gasteiger charge is -2.42. The Balaban J connectivity index is 1.96. The SMILES string of the molecule is CC(C)(C)[Si](C)(C)O[C@@H]1c2ccccc2C=C[C@H]1Oc1ccc(Cl)cc1Br. The Morgan fingerprint density at radius 3 is 2.44 bits per heavy atom. The summed E-state index contributed by atoms with van der Waals surface area (Å²) in [4.78, 5) is 0. The Morgan fingerprint density at radius 1 is 1.07 bits per heavy atom. The summed E-state index contributed by atoms with van der Waals surface area (Å²) >= 11 is 9.63. The Labute approximate surface area is 176 Å². The van der Waals surface area contributed by atoms with E-state index in [0.29, 0.717) is 5.02 Å². The van der Waals surface area contributed by atoms with Crippen molar-refractivity contribution in [1.29, 1.82) is 0 Å². The lowest BCUT2D eigenvalue weighted by molar-refractivity contribution is 0.0699. The normalized spacial score (nSPS) is 19.7. The highest BCUT2D eigenvalue weighted by Gasteiger charge is 2.42. The molecule has 1 aliphatic rings. The number of fused-ring (bicyclic) bond motifs is 1. The maximum absolute atomic E-state index is 6.84. The van der Waals surface area contributed by atoms with Crippen molar-refractivity contribution in [2.75, 3.05) is 0 Å².